The van der Waals surface area contributed by atoms with Gasteiger partial charge in [0, 0.05) is 18.6 Å². The number of hydrogen-bond acceptors (Lipinski definition) is 4. The lowest BCUT2D eigenvalue weighted by Crippen LogP contribution is -2.24. The first kappa shape index (κ1) is 9.94. The standard InChI is InChI=1S/C6H13NO2S/c1-9-2-3-10-5-6(7)4-8/h4,6H,2-3,5,7H2,1H3. The van der Waals surface area contributed by atoms with Gasteiger partial charge in [-0.1, -0.05) is 0 Å². The minimum Gasteiger partial charge on any atom is -0.384 e. The van der Waals surface area contributed by atoms with Gasteiger partial charge in [0.25, 0.3) is 0 Å². The molecule has 0 aliphatic carbocycles. The maximum atomic E-state index is 10.00. The average Bonchev–Trinajstić information content (AvgIpc) is 1.98. The minimum atomic E-state index is -0.318. The van der Waals surface area contributed by atoms with Gasteiger partial charge in [-0.25, -0.2) is 0 Å². The SMILES string of the molecule is COCCSCC(N)C=O. The molecule has 0 bridgehead atoms. The van der Waals surface area contributed by atoms with E-state index in [2.05, 4.69) is 0 Å². The quantitative estimate of drug-likeness (QED) is 0.438. The van der Waals surface area contributed by atoms with Gasteiger partial charge in [-0.15, -0.1) is 0 Å². The topological polar surface area (TPSA) is 52.3 Å². The van der Waals surface area contributed by atoms with Crippen molar-refractivity contribution in [2.45, 2.75) is 6.04 Å². The predicted octanol–water partition coefficient (Wildman–Crippen LogP) is -0.108. The molecule has 0 aliphatic rings. The lowest BCUT2D eigenvalue weighted by atomic mass is 10.4. The second kappa shape index (κ2) is 7.05. The Morgan fingerprint density at radius 1 is 1.80 bits per heavy atom. The Hall–Kier alpha value is -0.0600. The van der Waals surface area contributed by atoms with Crippen LogP contribution in [0.4, 0.5) is 0 Å². The Morgan fingerprint density at radius 2 is 2.50 bits per heavy atom. The molecule has 0 fully saturated rings. The summed E-state index contributed by atoms with van der Waals surface area (Å²) < 4.78 is 4.81. The van der Waals surface area contributed by atoms with E-state index in [0.29, 0.717) is 5.75 Å². The van der Waals surface area contributed by atoms with E-state index >= 15 is 0 Å². The van der Waals surface area contributed by atoms with E-state index in [0.717, 1.165) is 18.6 Å². The third-order valence-corrected chi connectivity index (χ3v) is 1.99. The van der Waals surface area contributed by atoms with Crippen molar-refractivity contribution in [3.63, 3.8) is 0 Å². The van der Waals surface area contributed by atoms with Crippen molar-refractivity contribution in [3.8, 4) is 0 Å². The van der Waals surface area contributed by atoms with Crippen LogP contribution in [0.2, 0.25) is 0 Å². The first-order valence-electron chi connectivity index (χ1n) is 3.08. The van der Waals surface area contributed by atoms with E-state index in [1.807, 2.05) is 0 Å². The highest BCUT2D eigenvalue weighted by atomic mass is 32.2. The van der Waals surface area contributed by atoms with Crippen LogP contribution in [-0.4, -0.2) is 37.6 Å². The van der Waals surface area contributed by atoms with E-state index in [1.54, 1.807) is 18.9 Å². The number of thioether (sulfide) groups is 1. The van der Waals surface area contributed by atoms with Crippen LogP contribution in [0.3, 0.4) is 0 Å². The Kier molecular flexibility index (Phi) is 7.01. The normalized spacial score (nSPS) is 13.0. The summed E-state index contributed by atoms with van der Waals surface area (Å²) in [6.07, 6.45) is 0.764. The Labute approximate surface area is 65.3 Å². The van der Waals surface area contributed by atoms with Crippen LogP contribution in [0.15, 0.2) is 0 Å². The summed E-state index contributed by atoms with van der Waals surface area (Å²) >= 11 is 1.63. The number of nitrogens with two attached hydrogens (primary N) is 1. The molecule has 2 N–H and O–H groups in total. The molecule has 0 heterocycles. The number of hydrogen-bond donors (Lipinski definition) is 1. The molecular weight excluding hydrogens is 150 g/mol. The van der Waals surface area contributed by atoms with Gasteiger partial charge in [-0.3, -0.25) is 0 Å². The second-order valence-corrected chi connectivity index (χ2v) is 3.02. The van der Waals surface area contributed by atoms with E-state index < -0.39 is 0 Å². The highest BCUT2D eigenvalue weighted by molar-refractivity contribution is 7.99. The summed E-state index contributed by atoms with van der Waals surface area (Å²) in [5.41, 5.74) is 5.33. The molecule has 1 atom stereocenters. The van der Waals surface area contributed by atoms with Crippen LogP contribution in [0.5, 0.6) is 0 Å². The summed E-state index contributed by atoms with van der Waals surface area (Å²) in [6.45, 7) is 0.718. The average molecular weight is 163 g/mol. The lowest BCUT2D eigenvalue weighted by Gasteiger charge is -2.01. The number of ether oxygens (including phenoxy) is 1. The first-order chi connectivity index (χ1) is 4.81. The smallest absolute Gasteiger partial charge is 0.137 e. The molecule has 1 unspecified atom stereocenters. The van der Waals surface area contributed by atoms with E-state index in [-0.39, 0.29) is 6.04 Å². The summed E-state index contributed by atoms with van der Waals surface area (Å²) in [4.78, 5) is 10.00. The molecule has 3 nitrogen and oxygen atoms in total. The summed E-state index contributed by atoms with van der Waals surface area (Å²) in [7, 11) is 1.65. The van der Waals surface area contributed by atoms with Crippen molar-refractivity contribution in [2.24, 2.45) is 5.73 Å². The zero-order valence-corrected chi connectivity index (χ0v) is 6.89. The molecule has 10 heavy (non-hydrogen) atoms. The largest absolute Gasteiger partial charge is 0.384 e. The number of methoxy groups -OCH3 is 1. The van der Waals surface area contributed by atoms with Crippen LogP contribution < -0.4 is 5.73 Å². The summed E-state index contributed by atoms with van der Waals surface area (Å²) in [5.74, 6) is 1.59. The first-order valence-corrected chi connectivity index (χ1v) is 4.24. The number of rotatable bonds is 6. The van der Waals surface area contributed by atoms with Gasteiger partial charge in [-0.2, -0.15) is 11.8 Å². The molecule has 4 heteroatoms. The van der Waals surface area contributed by atoms with Crippen molar-refractivity contribution in [2.75, 3.05) is 25.2 Å². The highest BCUT2D eigenvalue weighted by Crippen LogP contribution is 1.99. The molecule has 0 amide bonds. The second-order valence-electron chi connectivity index (χ2n) is 1.87. The molecule has 0 aromatic carbocycles. The molecule has 0 aromatic rings. The highest BCUT2D eigenvalue weighted by Gasteiger charge is 1.97. The van der Waals surface area contributed by atoms with Crippen molar-refractivity contribution >= 4 is 18.0 Å². The number of aldehydes is 1. The Morgan fingerprint density at radius 3 is 3.00 bits per heavy atom. The molecule has 0 radical (unpaired) electrons. The molecule has 0 aromatic heterocycles. The third kappa shape index (κ3) is 6.07. The maximum absolute atomic E-state index is 10.00. The van der Waals surface area contributed by atoms with E-state index in [1.165, 1.54) is 0 Å². The van der Waals surface area contributed by atoms with Crippen LogP contribution in [0.25, 0.3) is 0 Å². The molecule has 0 saturated heterocycles. The lowest BCUT2D eigenvalue weighted by molar-refractivity contribution is -0.108. The molecule has 0 aliphatic heterocycles. The van der Waals surface area contributed by atoms with Gasteiger partial charge < -0.3 is 15.3 Å². The van der Waals surface area contributed by atoms with Crippen molar-refractivity contribution in [3.05, 3.63) is 0 Å². The van der Waals surface area contributed by atoms with Gasteiger partial charge in [0.1, 0.15) is 6.29 Å². The van der Waals surface area contributed by atoms with Crippen molar-refractivity contribution in [1.29, 1.82) is 0 Å². The van der Waals surface area contributed by atoms with Crippen LogP contribution in [0.1, 0.15) is 0 Å². The zero-order chi connectivity index (χ0) is 7.82. The number of carbonyl (C=O) groups is 1. The van der Waals surface area contributed by atoms with E-state index in [4.69, 9.17) is 10.5 Å². The predicted molar refractivity (Wildman–Crippen MR) is 43.2 cm³/mol. The van der Waals surface area contributed by atoms with Gasteiger partial charge in [-0.05, 0) is 0 Å². The Balaban J connectivity index is 2.95. The van der Waals surface area contributed by atoms with Crippen LogP contribution in [0, 0.1) is 0 Å². The molecule has 0 rings (SSSR count). The fraction of sp³-hybridized carbons (Fsp3) is 0.833. The minimum absolute atomic E-state index is 0.318. The van der Waals surface area contributed by atoms with Crippen molar-refractivity contribution < 1.29 is 9.53 Å². The zero-order valence-electron chi connectivity index (χ0n) is 6.08. The van der Waals surface area contributed by atoms with E-state index in [9.17, 15) is 4.79 Å². The van der Waals surface area contributed by atoms with Gasteiger partial charge in [0.05, 0.1) is 12.6 Å². The van der Waals surface area contributed by atoms with Gasteiger partial charge >= 0.3 is 0 Å². The maximum Gasteiger partial charge on any atom is 0.137 e. The summed E-state index contributed by atoms with van der Waals surface area (Å²) in [6, 6.07) is -0.318. The molecule has 0 spiro atoms. The summed E-state index contributed by atoms with van der Waals surface area (Å²) in [5, 5.41) is 0. The van der Waals surface area contributed by atoms with Gasteiger partial charge in [0.2, 0.25) is 0 Å². The fourth-order valence-corrected chi connectivity index (χ4v) is 1.20. The number of carbonyl (C=O) groups excluding carboxylic acids is 1. The molecular formula is C6H13NO2S. The van der Waals surface area contributed by atoms with Crippen molar-refractivity contribution in [1.82, 2.24) is 0 Å². The van der Waals surface area contributed by atoms with Crippen LogP contribution in [-0.2, 0) is 9.53 Å². The van der Waals surface area contributed by atoms with Crippen LogP contribution >= 0.6 is 11.8 Å². The Bertz CT molecular complexity index is 89.8. The monoisotopic (exact) mass is 163 g/mol. The molecule has 0 saturated carbocycles. The van der Waals surface area contributed by atoms with Gasteiger partial charge in [0.15, 0.2) is 0 Å². The molecule has 60 valence electrons. The third-order valence-electron chi connectivity index (χ3n) is 0.917. The fourth-order valence-electron chi connectivity index (χ4n) is 0.401.